The zero-order valence-corrected chi connectivity index (χ0v) is 28.8. The number of benzene rings is 4. The van der Waals surface area contributed by atoms with Gasteiger partial charge in [0.25, 0.3) is 0 Å². The van der Waals surface area contributed by atoms with Gasteiger partial charge in [-0.05, 0) is 34.9 Å². The molecule has 54 heavy (non-hydrogen) atoms. The standard InChI is InChI=1S/C42H30N12/c1-4-10-28(11-5-1)19-52-25-49-37-34(43-22-46-40(37)52)31-16-32(35-38-41(47-23-44-35)53(26-50-38)20-29-12-6-2-7-13-29)18-33(17-31)36-39-42(48-24-45-36)54(27-51-39)21-30-14-8-3-9-15-30/h1-18,22-27H,19-21H2. The monoisotopic (exact) mass is 702 g/mol. The molecule has 0 aliphatic heterocycles. The van der Waals surface area contributed by atoms with Gasteiger partial charge in [-0.3, -0.25) is 0 Å². The molecule has 258 valence electrons. The van der Waals surface area contributed by atoms with Crippen molar-refractivity contribution in [3.8, 4) is 33.8 Å². The van der Waals surface area contributed by atoms with Gasteiger partial charge >= 0.3 is 0 Å². The molecule has 10 aromatic rings. The van der Waals surface area contributed by atoms with Gasteiger partial charge in [-0.15, -0.1) is 0 Å². The molecular weight excluding hydrogens is 673 g/mol. The van der Waals surface area contributed by atoms with E-state index in [-0.39, 0.29) is 0 Å². The second-order valence-corrected chi connectivity index (χ2v) is 13.1. The largest absolute Gasteiger partial charge is 0.311 e. The summed E-state index contributed by atoms with van der Waals surface area (Å²) in [4.78, 5) is 42.9. The highest BCUT2D eigenvalue weighted by atomic mass is 15.1. The van der Waals surface area contributed by atoms with E-state index in [1.807, 2.05) is 87.3 Å². The van der Waals surface area contributed by atoms with Crippen molar-refractivity contribution < 1.29 is 0 Å². The number of hydrogen-bond acceptors (Lipinski definition) is 9. The smallest absolute Gasteiger partial charge is 0.164 e. The number of nitrogens with zero attached hydrogens (tertiary/aromatic N) is 12. The van der Waals surface area contributed by atoms with Crippen molar-refractivity contribution in [3.05, 3.63) is 164 Å². The Morgan fingerprint density at radius 2 is 0.630 bits per heavy atom. The highest BCUT2D eigenvalue weighted by molar-refractivity contribution is 5.96. The van der Waals surface area contributed by atoms with Crippen molar-refractivity contribution in [1.29, 1.82) is 0 Å². The SMILES string of the molecule is c1ccc(Cn2cnc3c(-c4cc(-c5ncnc6c5ncn6Cc5ccccc5)cc(-c5ncnc6c5ncn6Cc5ccccc5)c4)ncnc32)cc1. The van der Waals surface area contributed by atoms with Crippen LogP contribution >= 0.6 is 0 Å². The first-order valence-corrected chi connectivity index (χ1v) is 17.5. The van der Waals surface area contributed by atoms with E-state index < -0.39 is 0 Å². The topological polar surface area (TPSA) is 131 Å². The van der Waals surface area contributed by atoms with Crippen molar-refractivity contribution in [2.45, 2.75) is 19.6 Å². The van der Waals surface area contributed by atoms with Crippen molar-refractivity contribution in [2.75, 3.05) is 0 Å². The molecule has 4 aromatic carbocycles. The molecular formula is C42H30N12. The first-order valence-electron chi connectivity index (χ1n) is 17.5. The molecule has 0 fully saturated rings. The molecule has 0 N–H and O–H groups in total. The van der Waals surface area contributed by atoms with Crippen molar-refractivity contribution in [1.82, 2.24) is 58.6 Å². The molecule has 0 aliphatic rings. The summed E-state index contributed by atoms with van der Waals surface area (Å²) in [5.74, 6) is 0. The van der Waals surface area contributed by atoms with Crippen LogP contribution in [-0.2, 0) is 19.6 Å². The lowest BCUT2D eigenvalue weighted by atomic mass is 9.98. The molecule has 0 radical (unpaired) electrons. The number of imidazole rings is 3. The van der Waals surface area contributed by atoms with Gasteiger partial charge in [0.15, 0.2) is 16.9 Å². The van der Waals surface area contributed by atoms with Crippen LogP contribution in [0.2, 0.25) is 0 Å². The molecule has 0 atom stereocenters. The van der Waals surface area contributed by atoms with Crippen LogP contribution in [0.1, 0.15) is 16.7 Å². The fraction of sp³-hybridized carbons (Fsp3) is 0.0714. The first kappa shape index (κ1) is 31.3. The molecule has 0 saturated carbocycles. The predicted octanol–water partition coefficient (Wildman–Crippen LogP) is 7.25. The van der Waals surface area contributed by atoms with Gasteiger partial charge in [-0.1, -0.05) is 91.0 Å². The zero-order valence-electron chi connectivity index (χ0n) is 28.8. The Labute approximate surface area is 308 Å². The fourth-order valence-electron chi connectivity index (χ4n) is 7.00. The van der Waals surface area contributed by atoms with Crippen LogP contribution in [0.4, 0.5) is 0 Å². The lowest BCUT2D eigenvalue weighted by molar-refractivity contribution is 0.813. The minimum absolute atomic E-state index is 0.633. The highest BCUT2D eigenvalue weighted by Crippen LogP contribution is 2.36. The Bertz CT molecular complexity index is 2590. The number of rotatable bonds is 9. The van der Waals surface area contributed by atoms with Crippen LogP contribution in [0, 0.1) is 0 Å². The van der Waals surface area contributed by atoms with Crippen LogP contribution in [0.25, 0.3) is 67.3 Å². The second kappa shape index (κ2) is 13.3. The minimum Gasteiger partial charge on any atom is -0.311 e. The minimum atomic E-state index is 0.633. The van der Waals surface area contributed by atoms with Gasteiger partial charge < -0.3 is 13.7 Å². The highest BCUT2D eigenvalue weighted by Gasteiger charge is 2.20. The third-order valence-corrected chi connectivity index (χ3v) is 9.54. The van der Waals surface area contributed by atoms with Gasteiger partial charge in [-0.2, -0.15) is 0 Å². The summed E-state index contributed by atoms with van der Waals surface area (Å²) in [6.45, 7) is 1.90. The van der Waals surface area contributed by atoms with E-state index in [9.17, 15) is 0 Å². The molecule has 12 nitrogen and oxygen atoms in total. The van der Waals surface area contributed by atoms with Crippen molar-refractivity contribution in [3.63, 3.8) is 0 Å². The maximum atomic E-state index is 4.84. The van der Waals surface area contributed by atoms with Gasteiger partial charge in [0.1, 0.15) is 52.6 Å². The predicted molar refractivity (Wildman–Crippen MR) is 206 cm³/mol. The maximum absolute atomic E-state index is 4.84. The van der Waals surface area contributed by atoms with Gasteiger partial charge in [0, 0.05) is 16.7 Å². The van der Waals surface area contributed by atoms with E-state index in [0.29, 0.717) is 53.3 Å². The van der Waals surface area contributed by atoms with Crippen molar-refractivity contribution >= 4 is 33.5 Å². The molecule has 0 saturated heterocycles. The summed E-state index contributed by atoms with van der Waals surface area (Å²) >= 11 is 0. The summed E-state index contributed by atoms with van der Waals surface area (Å²) in [5, 5.41) is 0. The summed E-state index contributed by atoms with van der Waals surface area (Å²) in [6.07, 6.45) is 10.2. The molecule has 0 bridgehead atoms. The number of aromatic nitrogens is 12. The van der Waals surface area contributed by atoms with E-state index in [1.165, 1.54) is 0 Å². The molecule has 0 spiro atoms. The lowest BCUT2D eigenvalue weighted by Crippen LogP contribution is -2.01. The molecule has 12 heteroatoms. The summed E-state index contributed by atoms with van der Waals surface area (Å²) in [5.41, 5.74) is 12.3. The lowest BCUT2D eigenvalue weighted by Gasteiger charge is -2.11. The van der Waals surface area contributed by atoms with Crippen LogP contribution in [0.5, 0.6) is 0 Å². The Morgan fingerprint density at radius 3 is 0.926 bits per heavy atom. The Balaban J connectivity index is 1.14. The Kier molecular flexibility index (Phi) is 7.68. The number of fused-ring (bicyclic) bond motifs is 3. The molecule has 0 aliphatic carbocycles. The second-order valence-electron chi connectivity index (χ2n) is 13.1. The maximum Gasteiger partial charge on any atom is 0.164 e. The fourth-order valence-corrected chi connectivity index (χ4v) is 7.00. The average Bonchev–Trinajstić information content (AvgIpc) is 3.96. The van der Waals surface area contributed by atoms with E-state index in [4.69, 9.17) is 29.9 Å². The quantitative estimate of drug-likeness (QED) is 0.153. The van der Waals surface area contributed by atoms with E-state index in [2.05, 4.69) is 69.5 Å². The number of hydrogen-bond donors (Lipinski definition) is 0. The summed E-state index contributed by atoms with van der Waals surface area (Å²) in [6, 6.07) is 37.0. The first-order chi connectivity index (χ1) is 26.7. The molecule has 6 aromatic heterocycles. The van der Waals surface area contributed by atoms with Gasteiger partial charge in [0.2, 0.25) is 0 Å². The molecule has 10 rings (SSSR count). The van der Waals surface area contributed by atoms with Crippen LogP contribution in [0.3, 0.4) is 0 Å². The summed E-state index contributed by atoms with van der Waals surface area (Å²) < 4.78 is 6.13. The van der Waals surface area contributed by atoms with Crippen LogP contribution in [-0.4, -0.2) is 58.6 Å². The molecule has 6 heterocycles. The van der Waals surface area contributed by atoms with E-state index in [1.54, 1.807) is 19.0 Å². The third kappa shape index (κ3) is 5.71. The Hall–Kier alpha value is -7.47. The molecule has 0 amide bonds. The van der Waals surface area contributed by atoms with Gasteiger partial charge in [-0.25, -0.2) is 44.9 Å². The van der Waals surface area contributed by atoms with Crippen molar-refractivity contribution in [2.24, 2.45) is 0 Å². The Morgan fingerprint density at radius 1 is 0.333 bits per heavy atom. The van der Waals surface area contributed by atoms with E-state index >= 15 is 0 Å². The van der Waals surface area contributed by atoms with E-state index in [0.717, 1.165) is 50.3 Å². The normalized spacial score (nSPS) is 11.6. The van der Waals surface area contributed by atoms with Crippen LogP contribution < -0.4 is 0 Å². The van der Waals surface area contributed by atoms with Gasteiger partial charge in [0.05, 0.1) is 38.6 Å². The molecule has 0 unspecified atom stereocenters. The zero-order chi connectivity index (χ0) is 35.8. The third-order valence-electron chi connectivity index (χ3n) is 9.54. The van der Waals surface area contributed by atoms with Crippen LogP contribution in [0.15, 0.2) is 147 Å². The summed E-state index contributed by atoms with van der Waals surface area (Å²) in [7, 11) is 0. The average molecular weight is 703 g/mol.